The van der Waals surface area contributed by atoms with Crippen molar-refractivity contribution in [3.8, 4) is 0 Å². The number of hydrogen-bond donors (Lipinski definition) is 2. The van der Waals surface area contributed by atoms with Gasteiger partial charge in [-0.1, -0.05) is 36.4 Å². The monoisotopic (exact) mass is 447 g/mol. The number of allylic oxidation sites excluding steroid dienone is 2. The van der Waals surface area contributed by atoms with Crippen LogP contribution in [-0.4, -0.2) is 60.2 Å². The van der Waals surface area contributed by atoms with Gasteiger partial charge in [0, 0.05) is 50.9 Å². The first-order valence-electron chi connectivity index (χ1n) is 11.8. The van der Waals surface area contributed by atoms with Gasteiger partial charge in [0.05, 0.1) is 6.10 Å². The maximum Gasteiger partial charge on any atom is 0.134 e. The normalized spacial score (nSPS) is 17.4. The van der Waals surface area contributed by atoms with Crippen molar-refractivity contribution in [2.24, 2.45) is 0 Å². The maximum absolute atomic E-state index is 11.1. The van der Waals surface area contributed by atoms with Crippen molar-refractivity contribution in [1.29, 1.82) is 0 Å². The Morgan fingerprint density at radius 2 is 2.06 bits per heavy atom. The lowest BCUT2D eigenvalue weighted by Crippen LogP contribution is -2.44. The van der Waals surface area contributed by atoms with Gasteiger partial charge in [-0.2, -0.15) is 0 Å². The summed E-state index contributed by atoms with van der Waals surface area (Å²) in [6, 6.07) is 10.5. The molecule has 7 nitrogen and oxygen atoms in total. The number of aldehydes is 1. The zero-order valence-electron chi connectivity index (χ0n) is 19.2. The van der Waals surface area contributed by atoms with Crippen LogP contribution in [-0.2, 0) is 11.2 Å². The molecule has 2 aromatic rings. The van der Waals surface area contributed by atoms with E-state index in [2.05, 4.69) is 50.4 Å². The molecule has 0 saturated carbocycles. The van der Waals surface area contributed by atoms with E-state index in [0.29, 0.717) is 19.0 Å². The van der Waals surface area contributed by atoms with E-state index >= 15 is 0 Å². The molecule has 1 aliphatic carbocycles. The van der Waals surface area contributed by atoms with Gasteiger partial charge in [-0.15, -0.1) is 0 Å². The molecule has 1 aliphatic heterocycles. The molecule has 174 valence electrons. The molecule has 1 atom stereocenters. The second-order valence-corrected chi connectivity index (χ2v) is 8.67. The maximum atomic E-state index is 11.1. The van der Waals surface area contributed by atoms with Gasteiger partial charge in [0.15, 0.2) is 0 Å². The molecule has 0 amide bonds. The van der Waals surface area contributed by atoms with E-state index in [1.54, 1.807) is 6.33 Å². The number of piperidine rings is 1. The van der Waals surface area contributed by atoms with E-state index in [1.165, 1.54) is 0 Å². The molecular formula is C26H33N5O2. The van der Waals surface area contributed by atoms with E-state index in [0.717, 1.165) is 73.5 Å². The Labute approximate surface area is 195 Å². The second kappa shape index (κ2) is 11.1. The van der Waals surface area contributed by atoms with E-state index < -0.39 is 6.10 Å². The average molecular weight is 448 g/mol. The van der Waals surface area contributed by atoms with Crippen molar-refractivity contribution < 1.29 is 9.90 Å². The van der Waals surface area contributed by atoms with E-state index in [-0.39, 0.29) is 0 Å². The number of rotatable bonds is 9. The quantitative estimate of drug-likeness (QED) is 0.571. The minimum Gasteiger partial charge on any atom is -0.387 e. The van der Waals surface area contributed by atoms with Gasteiger partial charge in [-0.3, -0.25) is 0 Å². The number of carbonyl (C=O) groups is 1. The Kier molecular flexibility index (Phi) is 7.73. The third kappa shape index (κ3) is 5.79. The predicted octanol–water partition coefficient (Wildman–Crippen LogP) is 3.37. The van der Waals surface area contributed by atoms with Crippen LogP contribution in [0.5, 0.6) is 0 Å². The first-order valence-corrected chi connectivity index (χ1v) is 11.8. The fourth-order valence-corrected chi connectivity index (χ4v) is 4.61. The van der Waals surface area contributed by atoms with Crippen molar-refractivity contribution in [3.63, 3.8) is 0 Å². The van der Waals surface area contributed by atoms with E-state index in [1.807, 2.05) is 30.3 Å². The highest BCUT2D eigenvalue weighted by atomic mass is 16.3. The summed E-state index contributed by atoms with van der Waals surface area (Å²) >= 11 is 0. The summed E-state index contributed by atoms with van der Waals surface area (Å²) in [4.78, 5) is 24.5. The number of anilines is 3. The van der Waals surface area contributed by atoms with Crippen LogP contribution >= 0.6 is 0 Å². The number of nitrogens with zero attached hydrogens (tertiary/aromatic N) is 4. The summed E-state index contributed by atoms with van der Waals surface area (Å²) in [6.45, 7) is 2.23. The Balaban J connectivity index is 1.33. The Morgan fingerprint density at radius 3 is 2.82 bits per heavy atom. The van der Waals surface area contributed by atoms with Gasteiger partial charge in [0.1, 0.15) is 24.2 Å². The minimum atomic E-state index is -0.548. The fraction of sp³-hybridized carbons (Fsp3) is 0.423. The Bertz CT molecular complexity index is 998. The number of para-hydroxylation sites is 1. The van der Waals surface area contributed by atoms with Gasteiger partial charge in [0.25, 0.3) is 0 Å². The number of carbonyl (C=O) groups excluding carboxylic acids is 1. The van der Waals surface area contributed by atoms with Crippen molar-refractivity contribution in [1.82, 2.24) is 9.97 Å². The van der Waals surface area contributed by atoms with Crippen LogP contribution in [0.4, 0.5) is 17.3 Å². The van der Waals surface area contributed by atoms with Crippen LogP contribution in [0.1, 0.15) is 31.2 Å². The van der Waals surface area contributed by atoms with Gasteiger partial charge in [-0.25, -0.2) is 9.97 Å². The fourth-order valence-electron chi connectivity index (χ4n) is 4.61. The zero-order valence-corrected chi connectivity index (χ0v) is 19.2. The number of aromatic nitrogens is 2. The number of nitrogens with one attached hydrogen (secondary N) is 1. The highest BCUT2D eigenvalue weighted by Gasteiger charge is 2.24. The lowest BCUT2D eigenvalue weighted by molar-refractivity contribution is -0.107. The highest BCUT2D eigenvalue weighted by molar-refractivity contribution is 5.64. The Hall–Kier alpha value is -3.19. The summed E-state index contributed by atoms with van der Waals surface area (Å²) in [5, 5.41) is 13.7. The molecule has 2 aliphatic rings. The number of aliphatic hydroxyl groups excluding tert-OH is 1. The summed E-state index contributed by atoms with van der Waals surface area (Å²) < 4.78 is 0. The summed E-state index contributed by atoms with van der Waals surface area (Å²) in [5.74, 6) is 1.63. The van der Waals surface area contributed by atoms with Crippen LogP contribution in [0.25, 0.3) is 0 Å². The SMILES string of the molecule is CN(c1ccccc1CC=O)C1CCN(c2cc(NCC(O)C3=CCCC=C3)ncn2)CC1. The van der Waals surface area contributed by atoms with E-state index in [9.17, 15) is 9.90 Å². The van der Waals surface area contributed by atoms with Crippen LogP contribution in [0.2, 0.25) is 0 Å². The third-order valence-corrected chi connectivity index (χ3v) is 6.55. The van der Waals surface area contributed by atoms with Crippen LogP contribution < -0.4 is 15.1 Å². The largest absolute Gasteiger partial charge is 0.387 e. The molecule has 0 radical (unpaired) electrons. The third-order valence-electron chi connectivity index (χ3n) is 6.55. The standard InChI is InChI=1S/C26H33N5O2/c1-30(23-10-6-5-7-20(23)13-16-32)22-11-14-31(15-12-22)26-17-25(28-19-29-26)27-18-24(33)21-8-3-2-4-9-21/h3,5-10,16-17,19,22,24,33H,2,4,11-15,18H2,1H3,(H,27,28,29). The lowest BCUT2D eigenvalue weighted by Gasteiger charge is -2.39. The second-order valence-electron chi connectivity index (χ2n) is 8.67. The number of aliphatic hydroxyl groups is 1. The lowest BCUT2D eigenvalue weighted by atomic mass is 10.0. The molecule has 33 heavy (non-hydrogen) atoms. The first-order chi connectivity index (χ1) is 16.2. The average Bonchev–Trinajstić information content (AvgIpc) is 2.88. The molecule has 1 fully saturated rings. The molecule has 2 heterocycles. The van der Waals surface area contributed by atoms with Crippen molar-refractivity contribution in [3.05, 3.63) is 66.0 Å². The molecular weight excluding hydrogens is 414 g/mol. The molecule has 1 aromatic heterocycles. The van der Waals surface area contributed by atoms with Crippen molar-refractivity contribution in [2.45, 2.75) is 44.2 Å². The molecule has 0 spiro atoms. The summed E-state index contributed by atoms with van der Waals surface area (Å²) in [5.41, 5.74) is 3.17. The summed E-state index contributed by atoms with van der Waals surface area (Å²) in [7, 11) is 2.12. The van der Waals surface area contributed by atoms with Gasteiger partial charge >= 0.3 is 0 Å². The number of benzene rings is 1. The van der Waals surface area contributed by atoms with Crippen LogP contribution in [0, 0.1) is 0 Å². The van der Waals surface area contributed by atoms with Gasteiger partial charge < -0.3 is 25.0 Å². The molecule has 7 heteroatoms. The first kappa shape index (κ1) is 23.0. The van der Waals surface area contributed by atoms with Crippen molar-refractivity contribution >= 4 is 23.6 Å². The van der Waals surface area contributed by atoms with Gasteiger partial charge in [0.2, 0.25) is 0 Å². The Morgan fingerprint density at radius 1 is 1.24 bits per heavy atom. The molecule has 4 rings (SSSR count). The number of hydrogen-bond acceptors (Lipinski definition) is 7. The minimum absolute atomic E-state index is 0.416. The topological polar surface area (TPSA) is 81.6 Å². The zero-order chi connectivity index (χ0) is 23.0. The summed E-state index contributed by atoms with van der Waals surface area (Å²) in [6.07, 6.45) is 12.7. The molecule has 1 unspecified atom stereocenters. The molecule has 2 N–H and O–H groups in total. The van der Waals surface area contributed by atoms with E-state index in [4.69, 9.17) is 0 Å². The smallest absolute Gasteiger partial charge is 0.134 e. The van der Waals surface area contributed by atoms with Crippen LogP contribution in [0.15, 0.2) is 60.5 Å². The van der Waals surface area contributed by atoms with Gasteiger partial charge in [-0.05, 0) is 42.9 Å². The molecule has 0 bridgehead atoms. The molecule has 1 saturated heterocycles. The van der Waals surface area contributed by atoms with Crippen LogP contribution in [0.3, 0.4) is 0 Å². The predicted molar refractivity (Wildman–Crippen MR) is 133 cm³/mol. The highest BCUT2D eigenvalue weighted by Crippen LogP contribution is 2.27. The van der Waals surface area contributed by atoms with Crippen molar-refractivity contribution in [2.75, 3.05) is 41.8 Å². The molecule has 1 aromatic carbocycles.